The smallest absolute Gasteiger partial charge is 0.149 e. The van der Waals surface area contributed by atoms with Gasteiger partial charge in [0, 0.05) is 5.56 Å². The first-order valence-electron chi connectivity index (χ1n) is 4.30. The van der Waals surface area contributed by atoms with Crippen LogP contribution in [0.25, 0.3) is 10.6 Å². The summed E-state index contributed by atoms with van der Waals surface area (Å²) >= 11 is 7.62. The predicted octanol–water partition coefficient (Wildman–Crippen LogP) is 2.94. The van der Waals surface area contributed by atoms with Crippen LogP contribution in [0.2, 0.25) is 5.02 Å². The van der Waals surface area contributed by atoms with Gasteiger partial charge in [-0.15, -0.1) is 11.3 Å². The minimum absolute atomic E-state index is 0.562. The Balaban J connectivity index is 2.57. The zero-order valence-corrected chi connectivity index (χ0v) is 9.25. The number of aromatic amines is 1. The van der Waals surface area contributed by atoms with Gasteiger partial charge in [-0.05, 0) is 17.9 Å². The van der Waals surface area contributed by atoms with E-state index >= 15 is 0 Å². The molecule has 0 aliphatic carbocycles. The van der Waals surface area contributed by atoms with E-state index in [0.29, 0.717) is 5.82 Å². The number of aromatic nitrogens is 2. The standard InChI is InChI=1S/C9H10ClN3S/c1-2-5-7(12-13-9(5)11)8-6(10)3-4-14-8/h3-4H,2H2,1H3,(H3,11,12,13). The zero-order valence-electron chi connectivity index (χ0n) is 7.67. The molecule has 3 N–H and O–H groups in total. The Morgan fingerprint density at radius 1 is 1.64 bits per heavy atom. The molecule has 0 fully saturated rings. The van der Waals surface area contributed by atoms with E-state index < -0.39 is 0 Å². The average molecular weight is 228 g/mol. The number of thiophene rings is 1. The van der Waals surface area contributed by atoms with Crippen LogP contribution in [0.3, 0.4) is 0 Å². The first-order valence-corrected chi connectivity index (χ1v) is 5.55. The van der Waals surface area contributed by atoms with Gasteiger partial charge in [-0.1, -0.05) is 18.5 Å². The van der Waals surface area contributed by atoms with Crippen molar-refractivity contribution in [1.82, 2.24) is 10.2 Å². The number of halogens is 1. The highest BCUT2D eigenvalue weighted by atomic mass is 35.5. The maximum absolute atomic E-state index is 6.03. The summed E-state index contributed by atoms with van der Waals surface area (Å²) in [6.45, 7) is 2.05. The minimum atomic E-state index is 0.562. The van der Waals surface area contributed by atoms with Crippen LogP contribution in [0.4, 0.5) is 5.82 Å². The highest BCUT2D eigenvalue weighted by Gasteiger charge is 2.14. The van der Waals surface area contributed by atoms with Crippen LogP contribution in [0.15, 0.2) is 11.4 Å². The number of H-pyrrole nitrogens is 1. The van der Waals surface area contributed by atoms with Gasteiger partial charge in [0.15, 0.2) is 0 Å². The molecule has 0 amide bonds. The molecule has 2 aromatic rings. The quantitative estimate of drug-likeness (QED) is 0.829. The summed E-state index contributed by atoms with van der Waals surface area (Å²) in [5, 5.41) is 9.60. The van der Waals surface area contributed by atoms with Gasteiger partial charge in [0.1, 0.15) is 5.82 Å². The van der Waals surface area contributed by atoms with Crippen LogP contribution >= 0.6 is 22.9 Å². The number of hydrogen-bond donors (Lipinski definition) is 2. The molecule has 0 radical (unpaired) electrons. The molecule has 0 bridgehead atoms. The van der Waals surface area contributed by atoms with Crippen LogP contribution in [0.5, 0.6) is 0 Å². The maximum Gasteiger partial charge on any atom is 0.149 e. The second kappa shape index (κ2) is 3.63. The van der Waals surface area contributed by atoms with Gasteiger partial charge < -0.3 is 5.73 Å². The number of nitrogens with zero attached hydrogens (tertiary/aromatic N) is 1. The Morgan fingerprint density at radius 3 is 3.00 bits per heavy atom. The van der Waals surface area contributed by atoms with E-state index in [1.807, 2.05) is 18.4 Å². The molecule has 74 valence electrons. The maximum atomic E-state index is 6.03. The molecule has 0 saturated heterocycles. The first-order chi connectivity index (χ1) is 6.74. The summed E-state index contributed by atoms with van der Waals surface area (Å²) in [6, 6.07) is 1.87. The summed E-state index contributed by atoms with van der Waals surface area (Å²) < 4.78 is 0. The Bertz CT molecular complexity index is 447. The number of anilines is 1. The third-order valence-corrected chi connectivity index (χ3v) is 3.46. The van der Waals surface area contributed by atoms with Crippen molar-refractivity contribution < 1.29 is 0 Å². The van der Waals surface area contributed by atoms with Crippen molar-refractivity contribution in [2.75, 3.05) is 5.73 Å². The van der Waals surface area contributed by atoms with Crippen molar-refractivity contribution in [3.63, 3.8) is 0 Å². The molecule has 14 heavy (non-hydrogen) atoms. The molecule has 0 atom stereocenters. The minimum Gasteiger partial charge on any atom is -0.382 e. The van der Waals surface area contributed by atoms with Gasteiger partial charge in [-0.3, -0.25) is 5.10 Å². The lowest BCUT2D eigenvalue weighted by Gasteiger charge is -1.98. The molecule has 2 aromatic heterocycles. The van der Waals surface area contributed by atoms with Crippen molar-refractivity contribution in [2.24, 2.45) is 0 Å². The van der Waals surface area contributed by atoms with Gasteiger partial charge in [-0.2, -0.15) is 5.10 Å². The monoisotopic (exact) mass is 227 g/mol. The number of rotatable bonds is 2. The topological polar surface area (TPSA) is 54.7 Å². The SMILES string of the molecule is CCc1c(N)n[nH]c1-c1sccc1Cl. The van der Waals surface area contributed by atoms with Crippen LogP contribution in [0, 0.1) is 0 Å². The number of nitrogen functional groups attached to an aromatic ring is 1. The third kappa shape index (κ3) is 1.40. The number of nitrogens with two attached hydrogens (primary N) is 1. The second-order valence-corrected chi connectivity index (χ2v) is 4.24. The lowest BCUT2D eigenvalue weighted by molar-refractivity contribution is 1.11. The Labute approximate surface area is 90.9 Å². The largest absolute Gasteiger partial charge is 0.382 e. The van der Waals surface area contributed by atoms with E-state index in [4.69, 9.17) is 17.3 Å². The van der Waals surface area contributed by atoms with Gasteiger partial charge in [-0.25, -0.2) is 0 Å². The summed E-state index contributed by atoms with van der Waals surface area (Å²) in [5.74, 6) is 0.562. The highest BCUT2D eigenvalue weighted by Crippen LogP contribution is 2.35. The molecule has 2 heterocycles. The van der Waals surface area contributed by atoms with Crippen LogP contribution < -0.4 is 5.73 Å². The summed E-state index contributed by atoms with van der Waals surface area (Å²) in [6.07, 6.45) is 0.853. The van der Waals surface area contributed by atoms with Crippen molar-refractivity contribution in [2.45, 2.75) is 13.3 Å². The van der Waals surface area contributed by atoms with Crippen LogP contribution in [0.1, 0.15) is 12.5 Å². The van der Waals surface area contributed by atoms with E-state index in [9.17, 15) is 0 Å². The van der Waals surface area contributed by atoms with Gasteiger partial charge in [0.05, 0.1) is 15.6 Å². The van der Waals surface area contributed by atoms with Crippen LogP contribution in [-0.4, -0.2) is 10.2 Å². The fraction of sp³-hybridized carbons (Fsp3) is 0.222. The molecular formula is C9H10ClN3S. The number of hydrogen-bond acceptors (Lipinski definition) is 3. The Hall–Kier alpha value is -1.00. The molecule has 0 saturated carbocycles. The van der Waals surface area contributed by atoms with Crippen LogP contribution in [-0.2, 0) is 6.42 Å². The van der Waals surface area contributed by atoms with Crippen molar-refractivity contribution >= 4 is 28.8 Å². The number of nitrogens with one attached hydrogen (secondary N) is 1. The lowest BCUT2D eigenvalue weighted by Crippen LogP contribution is -1.90. The molecule has 0 aliphatic heterocycles. The van der Waals surface area contributed by atoms with E-state index in [0.717, 1.165) is 27.6 Å². The third-order valence-electron chi connectivity index (χ3n) is 2.10. The fourth-order valence-electron chi connectivity index (χ4n) is 1.40. The van der Waals surface area contributed by atoms with Crippen molar-refractivity contribution in [3.8, 4) is 10.6 Å². The van der Waals surface area contributed by atoms with E-state index in [2.05, 4.69) is 10.2 Å². The summed E-state index contributed by atoms with van der Waals surface area (Å²) in [7, 11) is 0. The zero-order chi connectivity index (χ0) is 10.1. The lowest BCUT2D eigenvalue weighted by atomic mass is 10.1. The Morgan fingerprint density at radius 2 is 2.43 bits per heavy atom. The fourth-order valence-corrected chi connectivity index (χ4v) is 2.57. The van der Waals surface area contributed by atoms with E-state index in [1.54, 1.807) is 11.3 Å². The van der Waals surface area contributed by atoms with E-state index in [-0.39, 0.29) is 0 Å². The molecule has 2 rings (SSSR count). The molecular weight excluding hydrogens is 218 g/mol. The van der Waals surface area contributed by atoms with Gasteiger partial charge in [0.2, 0.25) is 0 Å². The Kier molecular flexibility index (Phi) is 2.48. The normalized spacial score (nSPS) is 10.7. The van der Waals surface area contributed by atoms with Gasteiger partial charge >= 0.3 is 0 Å². The molecule has 0 aromatic carbocycles. The molecule has 5 heteroatoms. The predicted molar refractivity (Wildman–Crippen MR) is 60.7 cm³/mol. The summed E-state index contributed by atoms with van der Waals surface area (Å²) in [4.78, 5) is 1.01. The highest BCUT2D eigenvalue weighted by molar-refractivity contribution is 7.14. The summed E-state index contributed by atoms with van der Waals surface area (Å²) in [5.41, 5.74) is 7.71. The molecule has 0 unspecified atom stereocenters. The van der Waals surface area contributed by atoms with Gasteiger partial charge in [0.25, 0.3) is 0 Å². The van der Waals surface area contributed by atoms with Crippen molar-refractivity contribution in [3.05, 3.63) is 22.0 Å². The van der Waals surface area contributed by atoms with Crippen molar-refractivity contribution in [1.29, 1.82) is 0 Å². The van der Waals surface area contributed by atoms with E-state index in [1.165, 1.54) is 0 Å². The second-order valence-electron chi connectivity index (χ2n) is 2.91. The molecule has 0 aliphatic rings. The molecule has 0 spiro atoms. The average Bonchev–Trinajstić information content (AvgIpc) is 2.71. The molecule has 3 nitrogen and oxygen atoms in total. The first kappa shape index (κ1) is 9.55.